The summed E-state index contributed by atoms with van der Waals surface area (Å²) in [6.07, 6.45) is 6.47. The molecule has 1 aliphatic rings. The first-order chi connectivity index (χ1) is 9.99. The van der Waals surface area contributed by atoms with Crippen molar-refractivity contribution in [1.82, 2.24) is 0 Å². The smallest absolute Gasteiger partial charge is 0.159 e. The molecule has 0 atom stereocenters. The van der Waals surface area contributed by atoms with Gasteiger partial charge in [0.25, 0.3) is 0 Å². The summed E-state index contributed by atoms with van der Waals surface area (Å²) in [6, 6.07) is 6.69. The Morgan fingerprint density at radius 3 is 2.52 bits per heavy atom. The zero-order valence-electron chi connectivity index (χ0n) is 13.4. The van der Waals surface area contributed by atoms with Crippen molar-refractivity contribution in [2.45, 2.75) is 58.9 Å². The number of carbonyl (C=O) groups is 1. The first-order valence-corrected chi connectivity index (χ1v) is 8.85. The molecule has 0 unspecified atom stereocenters. The molecule has 0 spiro atoms. The van der Waals surface area contributed by atoms with Gasteiger partial charge in [0, 0.05) is 22.6 Å². The van der Waals surface area contributed by atoms with Crippen molar-refractivity contribution in [3.63, 3.8) is 0 Å². The van der Waals surface area contributed by atoms with E-state index in [0.29, 0.717) is 12.0 Å². The Labute approximate surface area is 137 Å². The molecule has 2 nitrogen and oxygen atoms in total. The predicted molar refractivity (Wildman–Crippen MR) is 93.2 cm³/mol. The summed E-state index contributed by atoms with van der Waals surface area (Å²) in [7, 11) is 0. The number of benzene rings is 1. The predicted octanol–water partition coefficient (Wildman–Crippen LogP) is 5.45. The molecule has 0 aliphatic heterocycles. The van der Waals surface area contributed by atoms with Crippen molar-refractivity contribution >= 4 is 27.4 Å². The van der Waals surface area contributed by atoms with Crippen molar-refractivity contribution in [1.29, 1.82) is 0 Å². The molecule has 1 aromatic carbocycles. The summed E-state index contributed by atoms with van der Waals surface area (Å²) in [6.45, 7) is 7.27. The summed E-state index contributed by atoms with van der Waals surface area (Å²) in [4.78, 5) is 14.1. The van der Waals surface area contributed by atoms with Crippen LogP contribution in [0.2, 0.25) is 0 Å². The van der Waals surface area contributed by atoms with Gasteiger partial charge < -0.3 is 4.90 Å². The Morgan fingerprint density at radius 1 is 1.33 bits per heavy atom. The van der Waals surface area contributed by atoms with Crippen LogP contribution in [0.25, 0.3) is 0 Å². The van der Waals surface area contributed by atoms with Crippen molar-refractivity contribution < 1.29 is 4.79 Å². The van der Waals surface area contributed by atoms with E-state index in [9.17, 15) is 4.79 Å². The van der Waals surface area contributed by atoms with Crippen molar-refractivity contribution in [3.05, 3.63) is 28.2 Å². The number of rotatable bonds is 6. The molecule has 0 radical (unpaired) electrons. The fourth-order valence-corrected chi connectivity index (χ4v) is 3.68. The maximum Gasteiger partial charge on any atom is 0.159 e. The first kappa shape index (κ1) is 16.5. The molecule has 1 aliphatic carbocycles. The Bertz CT molecular complexity index is 492. The average Bonchev–Trinajstić information content (AvgIpc) is 2.94. The highest BCUT2D eigenvalue weighted by Gasteiger charge is 2.24. The minimum atomic E-state index is 0.122. The molecule has 116 valence electrons. The van der Waals surface area contributed by atoms with Gasteiger partial charge in [-0.25, -0.2) is 0 Å². The van der Waals surface area contributed by atoms with Gasteiger partial charge in [-0.2, -0.15) is 0 Å². The molecule has 21 heavy (non-hydrogen) atoms. The molecule has 1 saturated carbocycles. The summed E-state index contributed by atoms with van der Waals surface area (Å²) >= 11 is 3.68. The lowest BCUT2D eigenvalue weighted by Gasteiger charge is -2.33. The van der Waals surface area contributed by atoms with Crippen molar-refractivity contribution in [2.24, 2.45) is 5.92 Å². The fraction of sp³-hybridized carbons (Fsp3) is 0.611. The maximum absolute atomic E-state index is 11.5. The second kappa shape index (κ2) is 7.44. The lowest BCUT2D eigenvalue weighted by Crippen LogP contribution is -2.35. The molecule has 0 N–H and O–H groups in total. The fourth-order valence-electron chi connectivity index (χ4n) is 3.07. The standard InChI is InChI=1S/C18H26BrNO/c1-13(2)10-11-20(16-6-4-5-7-16)18-9-8-15(14(3)21)12-17(18)19/h8-9,12-13,16H,4-7,10-11H2,1-3H3. The zero-order chi connectivity index (χ0) is 15.4. The molecule has 1 fully saturated rings. The van der Waals surface area contributed by atoms with Gasteiger partial charge in [0.15, 0.2) is 5.78 Å². The van der Waals surface area contributed by atoms with E-state index in [-0.39, 0.29) is 5.78 Å². The minimum Gasteiger partial charge on any atom is -0.368 e. The minimum absolute atomic E-state index is 0.122. The molecule has 0 aromatic heterocycles. The quantitative estimate of drug-likeness (QED) is 0.635. The van der Waals surface area contributed by atoms with Crippen LogP contribution in [-0.4, -0.2) is 18.4 Å². The van der Waals surface area contributed by atoms with Crippen LogP contribution < -0.4 is 4.90 Å². The highest BCUT2D eigenvalue weighted by molar-refractivity contribution is 9.10. The molecular weight excluding hydrogens is 326 g/mol. The number of anilines is 1. The van der Waals surface area contributed by atoms with Gasteiger partial charge in [-0.05, 0) is 66.2 Å². The Morgan fingerprint density at radius 2 is 2.00 bits per heavy atom. The zero-order valence-corrected chi connectivity index (χ0v) is 14.9. The van der Waals surface area contributed by atoms with Gasteiger partial charge in [0.05, 0.1) is 5.69 Å². The molecule has 1 aromatic rings. The summed E-state index contributed by atoms with van der Waals surface area (Å²) in [5.41, 5.74) is 2.02. The lowest BCUT2D eigenvalue weighted by atomic mass is 10.1. The van der Waals surface area contributed by atoms with Crippen LogP contribution in [0.1, 0.15) is 63.2 Å². The molecule has 0 amide bonds. The van der Waals surface area contributed by atoms with Gasteiger partial charge in [-0.3, -0.25) is 4.79 Å². The van der Waals surface area contributed by atoms with Crippen molar-refractivity contribution in [2.75, 3.05) is 11.4 Å². The lowest BCUT2D eigenvalue weighted by molar-refractivity contribution is 0.101. The van der Waals surface area contributed by atoms with Crippen LogP contribution in [0.5, 0.6) is 0 Å². The molecule has 0 bridgehead atoms. The molecule has 3 heteroatoms. The SMILES string of the molecule is CC(=O)c1ccc(N(CCC(C)C)C2CCCC2)c(Br)c1. The van der Waals surface area contributed by atoms with Gasteiger partial charge in [-0.1, -0.05) is 26.7 Å². The van der Waals surface area contributed by atoms with E-state index < -0.39 is 0 Å². The van der Waals surface area contributed by atoms with E-state index in [1.54, 1.807) is 6.92 Å². The average molecular weight is 352 g/mol. The molecule has 0 saturated heterocycles. The third kappa shape index (κ3) is 4.32. The van der Waals surface area contributed by atoms with Crippen LogP contribution in [-0.2, 0) is 0 Å². The number of hydrogen-bond acceptors (Lipinski definition) is 2. The monoisotopic (exact) mass is 351 g/mol. The van der Waals surface area contributed by atoms with Gasteiger partial charge in [0.1, 0.15) is 0 Å². The second-order valence-electron chi connectivity index (χ2n) is 6.54. The molecule has 2 rings (SSSR count). The molecular formula is C18H26BrNO. The third-order valence-corrected chi connectivity index (χ3v) is 5.01. The first-order valence-electron chi connectivity index (χ1n) is 8.06. The summed E-state index contributed by atoms with van der Waals surface area (Å²) in [5, 5.41) is 0. The number of nitrogens with zero attached hydrogens (tertiary/aromatic N) is 1. The van der Waals surface area contributed by atoms with E-state index >= 15 is 0 Å². The number of carbonyl (C=O) groups excluding carboxylic acids is 1. The van der Waals surface area contributed by atoms with Gasteiger partial charge in [-0.15, -0.1) is 0 Å². The van der Waals surface area contributed by atoms with Crippen LogP contribution >= 0.6 is 15.9 Å². The summed E-state index contributed by atoms with van der Waals surface area (Å²) in [5.74, 6) is 0.834. The number of ketones is 1. The Kier molecular flexibility index (Phi) is 5.86. The highest BCUT2D eigenvalue weighted by Crippen LogP contribution is 2.34. The number of Topliss-reactive ketones (excluding diaryl/α,β-unsaturated/α-hetero) is 1. The molecule has 0 heterocycles. The third-order valence-electron chi connectivity index (χ3n) is 4.38. The van der Waals surface area contributed by atoms with Crippen LogP contribution in [0.15, 0.2) is 22.7 Å². The normalized spacial score (nSPS) is 15.7. The van der Waals surface area contributed by atoms with E-state index in [1.807, 2.05) is 12.1 Å². The topological polar surface area (TPSA) is 20.3 Å². The number of hydrogen-bond donors (Lipinski definition) is 0. The summed E-state index contributed by atoms with van der Waals surface area (Å²) < 4.78 is 1.05. The Hall–Kier alpha value is -0.830. The van der Waals surface area contributed by atoms with E-state index in [4.69, 9.17) is 0 Å². The second-order valence-corrected chi connectivity index (χ2v) is 7.39. The largest absolute Gasteiger partial charge is 0.368 e. The Balaban J connectivity index is 2.24. The number of halogens is 1. The van der Waals surface area contributed by atoms with Gasteiger partial charge >= 0.3 is 0 Å². The van der Waals surface area contributed by atoms with Crippen LogP contribution in [0, 0.1) is 5.92 Å². The highest BCUT2D eigenvalue weighted by atomic mass is 79.9. The van der Waals surface area contributed by atoms with E-state index in [2.05, 4.69) is 40.7 Å². The van der Waals surface area contributed by atoms with E-state index in [0.717, 1.165) is 16.6 Å². The maximum atomic E-state index is 11.5. The van der Waals surface area contributed by atoms with Gasteiger partial charge in [0.2, 0.25) is 0 Å². The van der Waals surface area contributed by atoms with Crippen LogP contribution in [0.4, 0.5) is 5.69 Å². The van der Waals surface area contributed by atoms with Crippen molar-refractivity contribution in [3.8, 4) is 0 Å². The van der Waals surface area contributed by atoms with Crippen LogP contribution in [0.3, 0.4) is 0 Å². The van der Waals surface area contributed by atoms with E-state index in [1.165, 1.54) is 37.8 Å².